The van der Waals surface area contributed by atoms with Crippen molar-refractivity contribution in [1.82, 2.24) is 15.0 Å². The van der Waals surface area contributed by atoms with Gasteiger partial charge < -0.3 is 15.4 Å². The van der Waals surface area contributed by atoms with Gasteiger partial charge in [0.1, 0.15) is 16.9 Å². The maximum Gasteiger partial charge on any atom is 0.313 e. The number of anilines is 2. The molecule has 3 aromatic rings. The number of pyridine rings is 1. The number of hydrogen-bond acceptors (Lipinski definition) is 8. The van der Waals surface area contributed by atoms with Crippen LogP contribution in [-0.4, -0.2) is 45.1 Å². The Bertz CT molecular complexity index is 1240. The summed E-state index contributed by atoms with van der Waals surface area (Å²) in [5.41, 5.74) is 8.13. The fourth-order valence-corrected chi connectivity index (χ4v) is 3.89. The van der Waals surface area contributed by atoms with E-state index in [0.717, 1.165) is 5.56 Å². The number of hydrogen-bond donors (Lipinski definition) is 2. The predicted octanol–water partition coefficient (Wildman–Crippen LogP) is 3.24. The average Bonchev–Trinajstić information content (AvgIpc) is 3.13. The molecule has 1 amide bonds. The Labute approximate surface area is 196 Å². The Morgan fingerprint density at radius 2 is 1.82 bits per heavy atom. The first kappa shape index (κ1) is 23.5. The van der Waals surface area contributed by atoms with Gasteiger partial charge in [-0.2, -0.15) is 4.98 Å². The van der Waals surface area contributed by atoms with Crippen molar-refractivity contribution in [2.24, 2.45) is 11.7 Å². The third-order valence-electron chi connectivity index (χ3n) is 5.39. The second kappa shape index (κ2) is 8.94. The zero-order valence-corrected chi connectivity index (χ0v) is 19.5. The molecule has 3 heterocycles. The lowest BCUT2D eigenvalue weighted by atomic mass is 10.1. The first-order chi connectivity index (χ1) is 16.0. The predicted molar refractivity (Wildman–Crippen MR) is 126 cm³/mol. The number of nitrogens with one attached hydrogen (secondary N) is 1. The van der Waals surface area contributed by atoms with Crippen molar-refractivity contribution in [2.75, 3.05) is 16.8 Å². The van der Waals surface area contributed by atoms with Crippen LogP contribution in [0.3, 0.4) is 0 Å². The summed E-state index contributed by atoms with van der Waals surface area (Å²) >= 11 is 0. The number of carbonyl (C=O) groups excluding carboxylic acids is 2. The van der Waals surface area contributed by atoms with Crippen molar-refractivity contribution < 1.29 is 18.7 Å². The number of esters is 1. The normalized spacial score (nSPS) is 18.2. The maximum atomic E-state index is 13.4. The van der Waals surface area contributed by atoms with Crippen LogP contribution >= 0.6 is 0 Å². The summed E-state index contributed by atoms with van der Waals surface area (Å²) in [5, 5.41) is 2.60. The van der Waals surface area contributed by atoms with Crippen LogP contribution in [0.2, 0.25) is 0 Å². The smallest absolute Gasteiger partial charge is 0.313 e. The molecule has 1 aliphatic rings. The van der Waals surface area contributed by atoms with E-state index >= 15 is 0 Å². The molecule has 0 bridgehead atoms. The van der Waals surface area contributed by atoms with Crippen LogP contribution in [0.4, 0.5) is 16.2 Å². The Kier molecular flexibility index (Phi) is 6.18. The third-order valence-corrected chi connectivity index (χ3v) is 5.39. The first-order valence-electron chi connectivity index (χ1n) is 11.0. The highest BCUT2D eigenvalue weighted by Crippen LogP contribution is 2.33. The molecule has 2 aromatic heterocycles. The van der Waals surface area contributed by atoms with Gasteiger partial charge in [-0.3, -0.25) is 14.9 Å². The summed E-state index contributed by atoms with van der Waals surface area (Å²) in [6, 6.07) is 9.51. The van der Waals surface area contributed by atoms with E-state index in [9.17, 15) is 14.0 Å². The molecule has 0 spiro atoms. The molecule has 2 atom stereocenters. The monoisotopic (exact) mass is 466 g/mol. The van der Waals surface area contributed by atoms with Gasteiger partial charge in [-0.1, -0.05) is 0 Å². The van der Waals surface area contributed by atoms with Gasteiger partial charge in [0.05, 0.1) is 23.3 Å². The molecule has 178 valence electrons. The summed E-state index contributed by atoms with van der Waals surface area (Å²) in [7, 11) is 0. The Morgan fingerprint density at radius 1 is 1.12 bits per heavy atom. The zero-order valence-electron chi connectivity index (χ0n) is 19.5. The van der Waals surface area contributed by atoms with Crippen molar-refractivity contribution >= 4 is 34.7 Å². The van der Waals surface area contributed by atoms with Crippen LogP contribution in [0.25, 0.3) is 22.3 Å². The summed E-state index contributed by atoms with van der Waals surface area (Å²) in [6.07, 6.45) is -0.219. The van der Waals surface area contributed by atoms with E-state index in [0.29, 0.717) is 35.5 Å². The number of aromatic nitrogens is 3. The second-order valence-electron chi connectivity index (χ2n) is 9.24. The van der Waals surface area contributed by atoms with Crippen LogP contribution in [0.1, 0.15) is 34.1 Å². The molecule has 1 fully saturated rings. The summed E-state index contributed by atoms with van der Waals surface area (Å²) in [5.74, 6) is -1.07. The molecule has 1 aliphatic heterocycles. The summed E-state index contributed by atoms with van der Waals surface area (Å²) in [4.78, 5) is 39.8. The van der Waals surface area contributed by atoms with Crippen LogP contribution in [-0.2, 0) is 14.3 Å². The van der Waals surface area contributed by atoms with Gasteiger partial charge in [0, 0.05) is 19.0 Å². The third kappa shape index (κ3) is 4.96. The van der Waals surface area contributed by atoms with E-state index in [4.69, 9.17) is 15.5 Å². The summed E-state index contributed by atoms with van der Waals surface area (Å²) < 4.78 is 18.9. The molecule has 1 saturated heterocycles. The molecule has 10 heteroatoms. The maximum absolute atomic E-state index is 13.4. The number of amides is 1. The van der Waals surface area contributed by atoms with E-state index in [2.05, 4.69) is 15.3 Å². The standard InChI is InChI=1S/C24H27FN6O3/c1-13(32)27-23-29-18-10-9-17(14-5-7-15(25)8-6-14)28-19(18)21(30-23)31-12-11-16(20(31)26)22(33)34-24(2,3)4/h5-10,16,20H,11-12,26H2,1-4H3,(H,27,29,30,32)/t16?,20-/m1/s1. The number of ether oxygens (including phenoxy) is 1. The number of nitrogens with zero attached hydrogens (tertiary/aromatic N) is 4. The lowest BCUT2D eigenvalue weighted by Gasteiger charge is -2.27. The largest absolute Gasteiger partial charge is 0.460 e. The number of halogens is 1. The molecule has 34 heavy (non-hydrogen) atoms. The second-order valence-corrected chi connectivity index (χ2v) is 9.24. The molecule has 0 aliphatic carbocycles. The van der Waals surface area contributed by atoms with Gasteiger partial charge in [-0.15, -0.1) is 0 Å². The van der Waals surface area contributed by atoms with Crippen LogP contribution < -0.4 is 16.0 Å². The number of nitrogens with two attached hydrogens (primary N) is 1. The number of carbonyl (C=O) groups is 2. The van der Waals surface area contributed by atoms with Gasteiger partial charge in [0.2, 0.25) is 11.9 Å². The summed E-state index contributed by atoms with van der Waals surface area (Å²) in [6.45, 7) is 7.23. The highest BCUT2D eigenvalue weighted by Gasteiger charge is 2.40. The number of benzene rings is 1. The van der Waals surface area contributed by atoms with E-state index in [1.807, 2.05) is 20.8 Å². The SMILES string of the molecule is CC(=O)Nc1nc(N2CCC(C(=O)OC(C)(C)C)[C@@H]2N)c2nc(-c3ccc(F)cc3)ccc2n1. The van der Waals surface area contributed by atoms with Gasteiger partial charge in [-0.25, -0.2) is 14.4 Å². The fraction of sp³-hybridized carbons (Fsp3) is 0.375. The molecule has 0 radical (unpaired) electrons. The van der Waals surface area contributed by atoms with E-state index in [1.54, 1.807) is 29.2 Å². The Morgan fingerprint density at radius 3 is 2.47 bits per heavy atom. The average molecular weight is 467 g/mol. The molecule has 1 aromatic carbocycles. The Balaban J connectivity index is 1.77. The number of fused-ring (bicyclic) bond motifs is 1. The van der Waals surface area contributed by atoms with Gasteiger partial charge >= 0.3 is 5.97 Å². The van der Waals surface area contributed by atoms with E-state index < -0.39 is 17.7 Å². The van der Waals surface area contributed by atoms with Crippen LogP contribution in [0, 0.1) is 11.7 Å². The minimum absolute atomic E-state index is 0.110. The van der Waals surface area contributed by atoms with Crippen molar-refractivity contribution in [1.29, 1.82) is 0 Å². The van der Waals surface area contributed by atoms with Crippen LogP contribution in [0.15, 0.2) is 36.4 Å². The van der Waals surface area contributed by atoms with Gasteiger partial charge in [-0.05, 0) is 63.6 Å². The van der Waals surface area contributed by atoms with Crippen LogP contribution in [0.5, 0.6) is 0 Å². The fourth-order valence-electron chi connectivity index (χ4n) is 3.89. The minimum atomic E-state index is -0.700. The molecule has 0 saturated carbocycles. The molecular formula is C24H27FN6O3. The first-order valence-corrected chi connectivity index (χ1v) is 11.0. The molecule has 3 N–H and O–H groups in total. The van der Waals surface area contributed by atoms with Gasteiger partial charge in [0.15, 0.2) is 5.82 Å². The topological polar surface area (TPSA) is 123 Å². The lowest BCUT2D eigenvalue weighted by molar-refractivity contribution is -0.160. The molecular weight excluding hydrogens is 439 g/mol. The van der Waals surface area contributed by atoms with E-state index in [1.165, 1.54) is 19.1 Å². The van der Waals surface area contributed by atoms with E-state index in [-0.39, 0.29) is 23.6 Å². The minimum Gasteiger partial charge on any atom is -0.460 e. The lowest BCUT2D eigenvalue weighted by Crippen LogP contribution is -2.45. The van der Waals surface area contributed by atoms with Crippen molar-refractivity contribution in [3.63, 3.8) is 0 Å². The molecule has 1 unspecified atom stereocenters. The molecule has 4 rings (SSSR count). The molecule has 9 nitrogen and oxygen atoms in total. The van der Waals surface area contributed by atoms with Crippen molar-refractivity contribution in [3.05, 3.63) is 42.2 Å². The highest BCUT2D eigenvalue weighted by atomic mass is 19.1. The Hall–Kier alpha value is -3.66. The van der Waals surface area contributed by atoms with Gasteiger partial charge in [0.25, 0.3) is 0 Å². The van der Waals surface area contributed by atoms with Crippen molar-refractivity contribution in [3.8, 4) is 11.3 Å². The number of rotatable bonds is 4. The zero-order chi connectivity index (χ0) is 24.6. The van der Waals surface area contributed by atoms with Crippen molar-refractivity contribution in [2.45, 2.75) is 45.9 Å². The quantitative estimate of drug-likeness (QED) is 0.562. The highest BCUT2D eigenvalue weighted by molar-refractivity contribution is 5.92.